The summed E-state index contributed by atoms with van der Waals surface area (Å²) in [6.07, 6.45) is 3.16. The van der Waals surface area contributed by atoms with Gasteiger partial charge in [0.25, 0.3) is 5.91 Å². The number of carboxylic acid groups (broad SMARTS) is 1. The number of aliphatic carboxylic acids is 1. The smallest absolute Gasteiger partial charge is 0.313 e. The van der Waals surface area contributed by atoms with Crippen molar-refractivity contribution in [2.45, 2.75) is 57.0 Å². The molecular weight excluding hydrogens is 409 g/mol. The highest BCUT2D eigenvalue weighted by atomic mass is 35.5. The summed E-state index contributed by atoms with van der Waals surface area (Å²) < 4.78 is 0. The SMILES string of the molecule is Cc1ccc2c(c1)C(C(=O)O)C1(CCCC1)N(C(C)c1ccc(Cl)c(Cl)c1)C2=O. The van der Waals surface area contributed by atoms with Crippen LogP contribution in [-0.4, -0.2) is 27.4 Å². The lowest BCUT2D eigenvalue weighted by Crippen LogP contribution is -2.59. The highest BCUT2D eigenvalue weighted by molar-refractivity contribution is 6.42. The van der Waals surface area contributed by atoms with Crippen molar-refractivity contribution >= 4 is 35.1 Å². The molecule has 2 aliphatic rings. The van der Waals surface area contributed by atoms with Crippen LogP contribution in [0.15, 0.2) is 36.4 Å². The summed E-state index contributed by atoms with van der Waals surface area (Å²) in [4.78, 5) is 28.0. The van der Waals surface area contributed by atoms with Gasteiger partial charge in [0.15, 0.2) is 0 Å². The first-order valence-corrected chi connectivity index (χ1v) is 10.6. The predicted molar refractivity (Wildman–Crippen MR) is 114 cm³/mol. The molecule has 1 saturated carbocycles. The minimum absolute atomic E-state index is 0.113. The first-order valence-electron chi connectivity index (χ1n) is 9.88. The third kappa shape index (κ3) is 3.13. The number of nitrogens with zero attached hydrogens (tertiary/aromatic N) is 1. The topological polar surface area (TPSA) is 57.6 Å². The number of benzene rings is 2. The Labute approximate surface area is 180 Å². The van der Waals surface area contributed by atoms with Crippen molar-refractivity contribution in [1.29, 1.82) is 0 Å². The molecule has 1 aliphatic carbocycles. The van der Waals surface area contributed by atoms with Crippen molar-refractivity contribution in [1.82, 2.24) is 4.90 Å². The van der Waals surface area contributed by atoms with E-state index in [0.29, 0.717) is 34.0 Å². The zero-order chi connectivity index (χ0) is 20.9. The van der Waals surface area contributed by atoms with Crippen molar-refractivity contribution in [2.75, 3.05) is 0 Å². The Morgan fingerprint density at radius 3 is 2.45 bits per heavy atom. The van der Waals surface area contributed by atoms with Gasteiger partial charge < -0.3 is 10.0 Å². The first kappa shape index (κ1) is 20.2. The van der Waals surface area contributed by atoms with E-state index in [1.807, 2.05) is 36.9 Å². The fourth-order valence-electron chi connectivity index (χ4n) is 5.24. The van der Waals surface area contributed by atoms with Crippen LogP contribution in [0.2, 0.25) is 10.0 Å². The number of aryl methyl sites for hydroxylation is 1. The number of amides is 1. The van der Waals surface area contributed by atoms with Crippen molar-refractivity contribution in [2.24, 2.45) is 0 Å². The normalized spacial score (nSPS) is 21.3. The van der Waals surface area contributed by atoms with Crippen LogP contribution in [0.5, 0.6) is 0 Å². The van der Waals surface area contributed by atoms with Gasteiger partial charge in [0, 0.05) is 5.56 Å². The molecule has 2 unspecified atom stereocenters. The lowest BCUT2D eigenvalue weighted by atomic mass is 9.70. The second kappa shape index (κ2) is 7.33. The Kier molecular flexibility index (Phi) is 5.12. The quantitative estimate of drug-likeness (QED) is 0.647. The molecule has 1 spiro atoms. The minimum atomic E-state index is -0.877. The van der Waals surface area contributed by atoms with E-state index in [1.54, 1.807) is 18.2 Å². The Hall–Kier alpha value is -2.04. The molecule has 29 heavy (non-hydrogen) atoms. The average molecular weight is 432 g/mol. The van der Waals surface area contributed by atoms with Gasteiger partial charge in [-0.05, 0) is 56.0 Å². The molecule has 1 fully saturated rings. The molecule has 2 aromatic carbocycles. The molecule has 2 aromatic rings. The number of hydrogen-bond donors (Lipinski definition) is 1. The highest BCUT2D eigenvalue weighted by Gasteiger charge is 2.57. The van der Waals surface area contributed by atoms with E-state index < -0.39 is 17.4 Å². The molecule has 6 heteroatoms. The maximum Gasteiger partial charge on any atom is 0.313 e. The van der Waals surface area contributed by atoms with E-state index in [1.165, 1.54) is 0 Å². The lowest BCUT2D eigenvalue weighted by molar-refractivity contribution is -0.143. The molecule has 1 aliphatic heterocycles. The van der Waals surface area contributed by atoms with Crippen LogP contribution in [-0.2, 0) is 4.79 Å². The minimum Gasteiger partial charge on any atom is -0.481 e. The number of halogens is 2. The fraction of sp³-hybridized carbons (Fsp3) is 0.391. The van der Waals surface area contributed by atoms with Gasteiger partial charge in [-0.1, -0.05) is 59.8 Å². The standard InChI is InChI=1S/C23H23Cl2NO3/c1-13-5-7-16-17(11-13)20(22(28)29)23(9-3-4-10-23)26(21(16)27)14(2)15-6-8-18(24)19(25)12-15/h5-8,11-12,14,20H,3-4,9-10H2,1-2H3,(H,28,29). The van der Waals surface area contributed by atoms with E-state index >= 15 is 0 Å². The molecule has 4 nitrogen and oxygen atoms in total. The van der Waals surface area contributed by atoms with Gasteiger partial charge in [0.05, 0.1) is 21.6 Å². The zero-order valence-corrected chi connectivity index (χ0v) is 17.9. The highest BCUT2D eigenvalue weighted by Crippen LogP contribution is 2.53. The third-order valence-corrected chi connectivity index (χ3v) is 7.25. The Morgan fingerprint density at radius 1 is 1.14 bits per heavy atom. The van der Waals surface area contributed by atoms with E-state index in [4.69, 9.17) is 23.2 Å². The molecule has 0 radical (unpaired) electrons. The molecule has 4 rings (SSSR count). The first-order chi connectivity index (χ1) is 13.8. The molecule has 1 amide bonds. The van der Waals surface area contributed by atoms with Crippen molar-refractivity contribution in [3.05, 3.63) is 68.7 Å². The van der Waals surface area contributed by atoms with Gasteiger partial charge in [-0.25, -0.2) is 0 Å². The van der Waals surface area contributed by atoms with Crippen LogP contribution in [0, 0.1) is 6.92 Å². The van der Waals surface area contributed by atoms with E-state index in [9.17, 15) is 14.7 Å². The molecule has 152 valence electrons. The number of rotatable bonds is 3. The fourth-order valence-corrected chi connectivity index (χ4v) is 5.55. The summed E-state index contributed by atoms with van der Waals surface area (Å²) in [5, 5.41) is 11.1. The molecule has 0 aromatic heterocycles. The zero-order valence-electron chi connectivity index (χ0n) is 16.4. The van der Waals surface area contributed by atoms with E-state index in [0.717, 1.165) is 24.0 Å². The monoisotopic (exact) mass is 431 g/mol. The maximum atomic E-state index is 13.7. The molecule has 0 saturated heterocycles. The number of carbonyl (C=O) groups is 2. The summed E-state index contributed by atoms with van der Waals surface area (Å²) in [7, 11) is 0. The molecular formula is C23H23Cl2NO3. The molecule has 1 heterocycles. The largest absolute Gasteiger partial charge is 0.481 e. The predicted octanol–water partition coefficient (Wildman–Crippen LogP) is 6.00. The van der Waals surface area contributed by atoms with Crippen molar-refractivity contribution < 1.29 is 14.7 Å². The maximum absolute atomic E-state index is 13.7. The second-order valence-corrected chi connectivity index (χ2v) is 9.01. The number of hydrogen-bond acceptors (Lipinski definition) is 2. The van der Waals surface area contributed by atoms with Gasteiger partial charge in [-0.3, -0.25) is 9.59 Å². The Bertz CT molecular complexity index is 998. The van der Waals surface area contributed by atoms with Crippen LogP contribution in [0.25, 0.3) is 0 Å². The molecule has 2 atom stereocenters. The van der Waals surface area contributed by atoms with Gasteiger partial charge >= 0.3 is 5.97 Å². The van der Waals surface area contributed by atoms with Crippen LogP contribution < -0.4 is 0 Å². The second-order valence-electron chi connectivity index (χ2n) is 8.20. The van der Waals surface area contributed by atoms with Gasteiger partial charge in [-0.15, -0.1) is 0 Å². The summed E-state index contributed by atoms with van der Waals surface area (Å²) in [6, 6.07) is 10.5. The van der Waals surface area contributed by atoms with Gasteiger partial charge in [0.1, 0.15) is 5.92 Å². The number of fused-ring (bicyclic) bond motifs is 1. The number of carboxylic acids is 1. The van der Waals surface area contributed by atoms with Crippen LogP contribution in [0.3, 0.4) is 0 Å². The average Bonchev–Trinajstić information content (AvgIpc) is 3.12. The van der Waals surface area contributed by atoms with Crippen molar-refractivity contribution in [3.8, 4) is 0 Å². The molecule has 0 bridgehead atoms. The van der Waals surface area contributed by atoms with Crippen molar-refractivity contribution in [3.63, 3.8) is 0 Å². The van der Waals surface area contributed by atoms with Crippen LogP contribution in [0.4, 0.5) is 0 Å². The van der Waals surface area contributed by atoms with E-state index in [2.05, 4.69) is 0 Å². The molecule has 1 N–H and O–H groups in total. The summed E-state index contributed by atoms with van der Waals surface area (Å²) in [5.74, 6) is -1.74. The lowest BCUT2D eigenvalue weighted by Gasteiger charge is -2.52. The van der Waals surface area contributed by atoms with Crippen LogP contribution in [0.1, 0.15) is 71.6 Å². The van der Waals surface area contributed by atoms with Gasteiger partial charge in [-0.2, -0.15) is 0 Å². The summed E-state index contributed by atoms with van der Waals surface area (Å²) >= 11 is 12.3. The van der Waals surface area contributed by atoms with Gasteiger partial charge in [0.2, 0.25) is 0 Å². The Morgan fingerprint density at radius 2 is 1.83 bits per heavy atom. The third-order valence-electron chi connectivity index (χ3n) is 6.51. The number of carbonyl (C=O) groups excluding carboxylic acids is 1. The summed E-state index contributed by atoms with van der Waals surface area (Å²) in [6.45, 7) is 3.87. The van der Waals surface area contributed by atoms with E-state index in [-0.39, 0.29) is 11.9 Å². The van der Waals surface area contributed by atoms with Crippen LogP contribution >= 0.6 is 23.2 Å². The Balaban J connectivity index is 1.92. The summed E-state index contributed by atoms with van der Waals surface area (Å²) in [5.41, 5.74) is 2.19.